The SMILES string of the molecule is CC(CCC(=O)OC(C)C)NC(=O)N1CCC2OCCN(C)C2C1. The van der Waals surface area contributed by atoms with Gasteiger partial charge < -0.3 is 19.7 Å². The fourth-order valence-corrected chi connectivity index (χ4v) is 3.26. The van der Waals surface area contributed by atoms with Crippen LogP contribution < -0.4 is 5.32 Å². The van der Waals surface area contributed by atoms with Gasteiger partial charge in [0.05, 0.1) is 24.9 Å². The molecule has 3 atom stereocenters. The lowest BCUT2D eigenvalue weighted by atomic mass is 9.99. The zero-order valence-corrected chi connectivity index (χ0v) is 15.3. The highest BCUT2D eigenvalue weighted by atomic mass is 16.5. The molecule has 2 aliphatic rings. The Bertz CT molecular complexity index is 444. The summed E-state index contributed by atoms with van der Waals surface area (Å²) in [5, 5.41) is 2.99. The molecule has 2 heterocycles. The minimum atomic E-state index is -0.215. The van der Waals surface area contributed by atoms with Gasteiger partial charge in [-0.1, -0.05) is 0 Å². The van der Waals surface area contributed by atoms with Crippen LogP contribution in [0.25, 0.3) is 0 Å². The zero-order chi connectivity index (χ0) is 17.7. The van der Waals surface area contributed by atoms with Crippen LogP contribution in [0.4, 0.5) is 4.79 Å². The number of esters is 1. The van der Waals surface area contributed by atoms with E-state index in [4.69, 9.17) is 9.47 Å². The Kier molecular flexibility index (Phi) is 6.86. The molecule has 0 bridgehead atoms. The predicted octanol–water partition coefficient (Wildman–Crippen LogP) is 1.22. The van der Waals surface area contributed by atoms with E-state index in [-0.39, 0.29) is 36.3 Å². The molecule has 7 nitrogen and oxygen atoms in total. The molecule has 24 heavy (non-hydrogen) atoms. The van der Waals surface area contributed by atoms with E-state index in [0.29, 0.717) is 25.9 Å². The number of hydrogen-bond donors (Lipinski definition) is 1. The van der Waals surface area contributed by atoms with Gasteiger partial charge in [-0.25, -0.2) is 4.79 Å². The number of piperidine rings is 1. The first kappa shape index (κ1) is 19.0. The second kappa shape index (κ2) is 8.67. The van der Waals surface area contributed by atoms with Crippen LogP contribution in [-0.2, 0) is 14.3 Å². The zero-order valence-electron chi connectivity index (χ0n) is 15.3. The van der Waals surface area contributed by atoms with E-state index >= 15 is 0 Å². The molecular formula is C17H31N3O4. The number of carbonyl (C=O) groups is 2. The van der Waals surface area contributed by atoms with Crippen LogP contribution in [0.1, 0.15) is 40.0 Å². The molecule has 2 rings (SSSR count). The molecule has 0 aromatic rings. The van der Waals surface area contributed by atoms with Crippen LogP contribution >= 0.6 is 0 Å². The third-order valence-corrected chi connectivity index (χ3v) is 4.67. The number of nitrogens with zero attached hydrogens (tertiary/aromatic N) is 2. The molecule has 3 unspecified atom stereocenters. The molecule has 1 N–H and O–H groups in total. The number of carbonyl (C=O) groups excluding carboxylic acids is 2. The summed E-state index contributed by atoms with van der Waals surface area (Å²) < 4.78 is 10.9. The Morgan fingerprint density at radius 1 is 1.29 bits per heavy atom. The van der Waals surface area contributed by atoms with E-state index in [9.17, 15) is 9.59 Å². The second-order valence-corrected chi connectivity index (χ2v) is 7.12. The van der Waals surface area contributed by atoms with Crippen molar-refractivity contribution in [1.82, 2.24) is 15.1 Å². The normalized spacial score (nSPS) is 26.0. The number of fused-ring (bicyclic) bond motifs is 1. The summed E-state index contributed by atoms with van der Waals surface area (Å²) in [4.78, 5) is 28.2. The molecule has 0 aromatic heterocycles. The molecule has 0 saturated carbocycles. The Morgan fingerprint density at radius 3 is 2.75 bits per heavy atom. The average Bonchev–Trinajstić information content (AvgIpc) is 2.52. The van der Waals surface area contributed by atoms with Crippen LogP contribution in [-0.4, -0.2) is 79.4 Å². The lowest BCUT2D eigenvalue weighted by molar-refractivity contribution is -0.147. The van der Waals surface area contributed by atoms with Gasteiger partial charge in [0, 0.05) is 32.1 Å². The predicted molar refractivity (Wildman–Crippen MR) is 90.8 cm³/mol. The van der Waals surface area contributed by atoms with Crippen molar-refractivity contribution in [2.24, 2.45) is 0 Å². The topological polar surface area (TPSA) is 71.1 Å². The van der Waals surface area contributed by atoms with Crippen molar-refractivity contribution in [2.75, 3.05) is 33.3 Å². The molecule has 0 radical (unpaired) electrons. The number of likely N-dealkylation sites (N-methyl/N-ethyl adjacent to an activating group) is 1. The van der Waals surface area contributed by atoms with Gasteiger partial charge in [-0.2, -0.15) is 0 Å². The standard InChI is InChI=1S/C17H31N3O4/c1-12(2)24-16(21)6-5-13(3)18-17(22)20-8-7-15-14(11-20)19(4)9-10-23-15/h12-15H,5-11H2,1-4H3,(H,18,22). The van der Waals surface area contributed by atoms with Crippen molar-refractivity contribution in [3.8, 4) is 0 Å². The summed E-state index contributed by atoms with van der Waals surface area (Å²) in [6.07, 6.45) is 1.91. The third kappa shape index (κ3) is 5.34. The van der Waals surface area contributed by atoms with Crippen LogP contribution in [0.3, 0.4) is 0 Å². The van der Waals surface area contributed by atoms with Gasteiger partial charge in [0.1, 0.15) is 0 Å². The average molecular weight is 341 g/mol. The van der Waals surface area contributed by atoms with Crippen molar-refractivity contribution < 1.29 is 19.1 Å². The molecule has 2 fully saturated rings. The number of ether oxygens (including phenoxy) is 2. The number of hydrogen-bond acceptors (Lipinski definition) is 5. The van der Waals surface area contributed by atoms with Gasteiger partial charge in [-0.05, 0) is 40.7 Å². The highest BCUT2D eigenvalue weighted by Gasteiger charge is 2.37. The van der Waals surface area contributed by atoms with Gasteiger partial charge in [-0.3, -0.25) is 9.69 Å². The number of rotatable bonds is 5. The Morgan fingerprint density at radius 2 is 2.04 bits per heavy atom. The number of amides is 2. The molecule has 138 valence electrons. The minimum Gasteiger partial charge on any atom is -0.463 e. The number of urea groups is 1. The molecular weight excluding hydrogens is 310 g/mol. The summed E-state index contributed by atoms with van der Waals surface area (Å²) in [6.45, 7) is 8.66. The van der Waals surface area contributed by atoms with E-state index in [2.05, 4.69) is 17.3 Å². The Hall–Kier alpha value is -1.34. The number of morpholine rings is 1. The van der Waals surface area contributed by atoms with Crippen LogP contribution in [0.5, 0.6) is 0 Å². The van der Waals surface area contributed by atoms with Crippen molar-refractivity contribution in [1.29, 1.82) is 0 Å². The summed E-state index contributed by atoms with van der Waals surface area (Å²) in [7, 11) is 2.09. The quantitative estimate of drug-likeness (QED) is 0.762. The van der Waals surface area contributed by atoms with E-state index in [0.717, 1.165) is 19.6 Å². The highest BCUT2D eigenvalue weighted by Crippen LogP contribution is 2.22. The van der Waals surface area contributed by atoms with E-state index in [1.807, 2.05) is 25.7 Å². The first-order chi connectivity index (χ1) is 11.4. The molecule has 0 aliphatic carbocycles. The molecule has 2 saturated heterocycles. The molecule has 2 aliphatic heterocycles. The molecule has 0 spiro atoms. The summed E-state index contributed by atoms with van der Waals surface area (Å²) in [5.41, 5.74) is 0. The number of nitrogens with one attached hydrogen (secondary N) is 1. The fourth-order valence-electron chi connectivity index (χ4n) is 3.26. The number of likely N-dealkylation sites (tertiary alicyclic amines) is 1. The second-order valence-electron chi connectivity index (χ2n) is 7.12. The summed E-state index contributed by atoms with van der Waals surface area (Å²) in [6, 6.07) is 0.155. The van der Waals surface area contributed by atoms with E-state index in [1.54, 1.807) is 0 Å². The Balaban J connectivity index is 1.74. The van der Waals surface area contributed by atoms with Gasteiger partial charge in [0.2, 0.25) is 0 Å². The van der Waals surface area contributed by atoms with Crippen LogP contribution in [0, 0.1) is 0 Å². The van der Waals surface area contributed by atoms with Gasteiger partial charge in [0.25, 0.3) is 0 Å². The smallest absolute Gasteiger partial charge is 0.317 e. The van der Waals surface area contributed by atoms with Gasteiger partial charge in [-0.15, -0.1) is 0 Å². The van der Waals surface area contributed by atoms with Crippen LogP contribution in [0.15, 0.2) is 0 Å². The lowest BCUT2D eigenvalue weighted by Gasteiger charge is -2.45. The van der Waals surface area contributed by atoms with Gasteiger partial charge in [0.15, 0.2) is 0 Å². The largest absolute Gasteiger partial charge is 0.463 e. The summed E-state index contributed by atoms with van der Waals surface area (Å²) in [5.74, 6) is -0.215. The van der Waals surface area contributed by atoms with Crippen molar-refractivity contribution >= 4 is 12.0 Å². The monoisotopic (exact) mass is 341 g/mol. The molecule has 7 heteroatoms. The van der Waals surface area contributed by atoms with Crippen molar-refractivity contribution in [3.63, 3.8) is 0 Å². The first-order valence-electron chi connectivity index (χ1n) is 8.93. The first-order valence-corrected chi connectivity index (χ1v) is 8.93. The minimum absolute atomic E-state index is 0.0582. The molecule has 2 amide bonds. The maximum absolute atomic E-state index is 12.5. The fraction of sp³-hybridized carbons (Fsp3) is 0.882. The Labute approximate surface area is 144 Å². The molecule has 0 aromatic carbocycles. The van der Waals surface area contributed by atoms with Gasteiger partial charge >= 0.3 is 12.0 Å². The van der Waals surface area contributed by atoms with Crippen LogP contribution in [0.2, 0.25) is 0 Å². The van der Waals surface area contributed by atoms with Crippen molar-refractivity contribution in [3.05, 3.63) is 0 Å². The maximum Gasteiger partial charge on any atom is 0.317 e. The maximum atomic E-state index is 12.5. The van der Waals surface area contributed by atoms with E-state index < -0.39 is 0 Å². The van der Waals surface area contributed by atoms with Crippen molar-refractivity contribution in [2.45, 2.75) is 64.3 Å². The summed E-state index contributed by atoms with van der Waals surface area (Å²) >= 11 is 0. The third-order valence-electron chi connectivity index (χ3n) is 4.67. The highest BCUT2D eigenvalue weighted by molar-refractivity contribution is 5.75. The van der Waals surface area contributed by atoms with E-state index in [1.165, 1.54) is 0 Å². The lowest BCUT2D eigenvalue weighted by Crippen LogP contribution is -2.61.